The summed E-state index contributed by atoms with van der Waals surface area (Å²) in [6.45, 7) is 0. The molecule has 1 aliphatic rings. The normalized spacial score (nSPS) is 15.8. The molecule has 0 bridgehead atoms. The van der Waals surface area contributed by atoms with Crippen molar-refractivity contribution in [3.8, 4) is 0 Å². The maximum absolute atomic E-state index is 11.8. The second-order valence-corrected chi connectivity index (χ2v) is 4.78. The molecule has 76 valence electrons. The van der Waals surface area contributed by atoms with Gasteiger partial charge in [0.1, 0.15) is 5.65 Å². The molecule has 1 saturated carbocycles. The Morgan fingerprint density at radius 1 is 1.40 bits per heavy atom. The van der Waals surface area contributed by atoms with Crippen molar-refractivity contribution in [1.29, 1.82) is 0 Å². The zero-order valence-electron chi connectivity index (χ0n) is 7.98. The van der Waals surface area contributed by atoms with Crippen molar-refractivity contribution in [2.45, 2.75) is 18.8 Å². The Kier molecular flexibility index (Phi) is 1.92. The van der Waals surface area contributed by atoms with Gasteiger partial charge in [-0.05, 0) is 25.0 Å². The van der Waals surface area contributed by atoms with E-state index in [1.807, 2.05) is 12.1 Å². The number of fused-ring (bicyclic) bond motifs is 1. The summed E-state index contributed by atoms with van der Waals surface area (Å²) in [5.74, 6) is 0.515. The van der Waals surface area contributed by atoms with Gasteiger partial charge in [-0.25, -0.2) is 4.98 Å². The zero-order chi connectivity index (χ0) is 10.4. The van der Waals surface area contributed by atoms with E-state index in [1.54, 1.807) is 16.7 Å². The van der Waals surface area contributed by atoms with Crippen LogP contribution in [0.1, 0.15) is 24.5 Å². The van der Waals surface area contributed by atoms with E-state index in [1.165, 1.54) is 0 Å². The molecule has 0 unspecified atom stereocenters. The highest BCUT2D eigenvalue weighted by atomic mass is 79.9. The molecule has 15 heavy (non-hydrogen) atoms. The van der Waals surface area contributed by atoms with Crippen LogP contribution in [0.5, 0.6) is 0 Å². The number of halogens is 1. The summed E-state index contributed by atoms with van der Waals surface area (Å²) in [5.41, 5.74) is 1.67. The third kappa shape index (κ3) is 1.59. The number of hydrogen-bond acceptors (Lipinski definition) is 2. The van der Waals surface area contributed by atoms with Gasteiger partial charge < -0.3 is 0 Å². The summed E-state index contributed by atoms with van der Waals surface area (Å²) in [6.07, 6.45) is 4.07. The van der Waals surface area contributed by atoms with Crippen molar-refractivity contribution in [2.24, 2.45) is 0 Å². The molecule has 0 amide bonds. The van der Waals surface area contributed by atoms with Crippen LogP contribution in [0.15, 0.2) is 33.7 Å². The number of hydrogen-bond donors (Lipinski definition) is 0. The van der Waals surface area contributed by atoms with Gasteiger partial charge in [0.2, 0.25) is 0 Å². The van der Waals surface area contributed by atoms with Crippen LogP contribution in [-0.4, -0.2) is 9.38 Å². The lowest BCUT2D eigenvalue weighted by atomic mass is 10.3. The van der Waals surface area contributed by atoms with Crippen LogP contribution in [-0.2, 0) is 0 Å². The molecular weight excluding hydrogens is 256 g/mol. The van der Waals surface area contributed by atoms with Gasteiger partial charge in [0.05, 0.1) is 5.69 Å². The van der Waals surface area contributed by atoms with Crippen LogP contribution in [0.3, 0.4) is 0 Å². The average molecular weight is 265 g/mol. The van der Waals surface area contributed by atoms with Crippen LogP contribution in [0, 0.1) is 0 Å². The van der Waals surface area contributed by atoms with Crippen molar-refractivity contribution in [3.63, 3.8) is 0 Å². The number of pyridine rings is 1. The molecule has 2 aromatic heterocycles. The van der Waals surface area contributed by atoms with E-state index in [0.717, 1.165) is 28.7 Å². The number of aromatic nitrogens is 2. The minimum atomic E-state index is 0.00870. The van der Waals surface area contributed by atoms with Crippen molar-refractivity contribution >= 4 is 21.6 Å². The van der Waals surface area contributed by atoms with E-state index in [2.05, 4.69) is 20.9 Å². The molecular formula is C11H9BrN2O. The van der Waals surface area contributed by atoms with Gasteiger partial charge in [-0.2, -0.15) is 0 Å². The summed E-state index contributed by atoms with van der Waals surface area (Å²) in [7, 11) is 0. The summed E-state index contributed by atoms with van der Waals surface area (Å²) >= 11 is 3.38. The number of nitrogens with zero attached hydrogens (tertiary/aromatic N) is 2. The first-order valence-electron chi connectivity index (χ1n) is 4.93. The quantitative estimate of drug-likeness (QED) is 0.793. The Balaban J connectivity index is 2.32. The van der Waals surface area contributed by atoms with Gasteiger partial charge in [0.15, 0.2) is 0 Å². The molecule has 0 radical (unpaired) electrons. The monoisotopic (exact) mass is 264 g/mol. The first-order valence-corrected chi connectivity index (χ1v) is 5.72. The molecule has 0 aliphatic heterocycles. The standard InChI is InChI=1S/C11H9BrN2O/c12-8-3-4-14-10(5-8)13-9(6-11(14)15)7-1-2-7/h3-7H,1-2H2. The van der Waals surface area contributed by atoms with Crippen molar-refractivity contribution in [3.05, 3.63) is 44.9 Å². The molecule has 0 atom stereocenters. The van der Waals surface area contributed by atoms with Crippen LogP contribution in [0.2, 0.25) is 0 Å². The minimum Gasteiger partial charge on any atom is -0.269 e. The van der Waals surface area contributed by atoms with E-state index in [4.69, 9.17) is 0 Å². The maximum atomic E-state index is 11.8. The topological polar surface area (TPSA) is 34.4 Å². The lowest BCUT2D eigenvalue weighted by Gasteiger charge is -2.02. The van der Waals surface area contributed by atoms with Gasteiger partial charge in [-0.1, -0.05) is 15.9 Å². The Bertz CT molecular complexity index is 587. The molecule has 4 heteroatoms. The van der Waals surface area contributed by atoms with E-state index in [0.29, 0.717) is 5.92 Å². The van der Waals surface area contributed by atoms with Crippen LogP contribution < -0.4 is 5.56 Å². The Labute approximate surface area is 94.9 Å². The molecule has 1 fully saturated rings. The van der Waals surface area contributed by atoms with Gasteiger partial charge in [-0.15, -0.1) is 0 Å². The van der Waals surface area contributed by atoms with Gasteiger partial charge in [-0.3, -0.25) is 9.20 Å². The van der Waals surface area contributed by atoms with Gasteiger partial charge >= 0.3 is 0 Å². The first-order chi connectivity index (χ1) is 7.24. The zero-order valence-corrected chi connectivity index (χ0v) is 9.57. The maximum Gasteiger partial charge on any atom is 0.258 e. The van der Waals surface area contributed by atoms with Gasteiger partial charge in [0.25, 0.3) is 5.56 Å². The molecule has 0 aromatic carbocycles. The molecule has 0 N–H and O–H groups in total. The third-order valence-corrected chi connectivity index (χ3v) is 3.14. The van der Waals surface area contributed by atoms with E-state index >= 15 is 0 Å². The van der Waals surface area contributed by atoms with Crippen molar-refractivity contribution < 1.29 is 0 Å². The highest BCUT2D eigenvalue weighted by molar-refractivity contribution is 9.10. The molecule has 2 aromatic rings. The largest absolute Gasteiger partial charge is 0.269 e. The fourth-order valence-electron chi connectivity index (χ4n) is 1.68. The lowest BCUT2D eigenvalue weighted by molar-refractivity contribution is 0.956. The average Bonchev–Trinajstić information content (AvgIpc) is 2.99. The van der Waals surface area contributed by atoms with Crippen molar-refractivity contribution in [1.82, 2.24) is 9.38 Å². The Morgan fingerprint density at radius 2 is 2.20 bits per heavy atom. The second-order valence-electron chi connectivity index (χ2n) is 3.87. The highest BCUT2D eigenvalue weighted by Crippen LogP contribution is 2.38. The predicted octanol–water partition coefficient (Wildman–Crippen LogP) is 2.33. The number of rotatable bonds is 1. The van der Waals surface area contributed by atoms with E-state index in [-0.39, 0.29) is 5.56 Å². The fraction of sp³-hybridized carbons (Fsp3) is 0.273. The Hall–Kier alpha value is -1.16. The fourth-order valence-corrected chi connectivity index (χ4v) is 2.01. The lowest BCUT2D eigenvalue weighted by Crippen LogP contribution is -2.14. The smallest absolute Gasteiger partial charge is 0.258 e. The van der Waals surface area contributed by atoms with Gasteiger partial charge in [0, 0.05) is 22.7 Å². The molecule has 3 nitrogen and oxygen atoms in total. The van der Waals surface area contributed by atoms with Crippen LogP contribution in [0.4, 0.5) is 0 Å². The molecule has 0 saturated heterocycles. The van der Waals surface area contributed by atoms with E-state index in [9.17, 15) is 4.79 Å². The van der Waals surface area contributed by atoms with Crippen LogP contribution >= 0.6 is 15.9 Å². The SMILES string of the molecule is O=c1cc(C2CC2)nc2cc(Br)ccn12. The molecule has 0 spiro atoms. The molecule has 2 heterocycles. The minimum absolute atomic E-state index is 0.00870. The molecule has 3 rings (SSSR count). The summed E-state index contributed by atoms with van der Waals surface area (Å²) in [4.78, 5) is 16.2. The molecule has 1 aliphatic carbocycles. The van der Waals surface area contributed by atoms with Crippen molar-refractivity contribution in [2.75, 3.05) is 0 Å². The Morgan fingerprint density at radius 3 is 2.93 bits per heavy atom. The summed E-state index contributed by atoms with van der Waals surface area (Å²) in [6, 6.07) is 5.36. The second kappa shape index (κ2) is 3.17. The summed E-state index contributed by atoms with van der Waals surface area (Å²) in [5, 5.41) is 0. The predicted molar refractivity (Wildman–Crippen MR) is 61.1 cm³/mol. The van der Waals surface area contributed by atoms with E-state index < -0.39 is 0 Å². The third-order valence-electron chi connectivity index (χ3n) is 2.64. The highest BCUT2D eigenvalue weighted by Gasteiger charge is 2.25. The van der Waals surface area contributed by atoms with Crippen LogP contribution in [0.25, 0.3) is 5.65 Å². The summed E-state index contributed by atoms with van der Waals surface area (Å²) < 4.78 is 2.51. The first kappa shape index (κ1) is 9.09.